The van der Waals surface area contributed by atoms with Gasteiger partial charge in [-0.05, 0) is 37.3 Å². The first kappa shape index (κ1) is 21.7. The lowest BCUT2D eigenvalue weighted by molar-refractivity contribution is -0.137. The minimum Gasteiger partial charge on any atom is -0.497 e. The van der Waals surface area contributed by atoms with Crippen molar-refractivity contribution in [1.82, 2.24) is 4.90 Å². The zero-order valence-corrected chi connectivity index (χ0v) is 18.3. The number of rotatable bonds is 5. The topological polar surface area (TPSA) is 97.0 Å². The number of carbonyl (C=O) groups excluding carboxylic acids is 3. The van der Waals surface area contributed by atoms with Crippen molar-refractivity contribution in [3.63, 3.8) is 0 Å². The van der Waals surface area contributed by atoms with Crippen molar-refractivity contribution < 1.29 is 23.9 Å². The standard InChI is InChI=1S/C24H27N3O5/c1-16-3-5-17(6-4-16)25-21(28)9-10-22(29)27-13-11-24(12-14-27)19-15-18(31-2)7-8-20(19)26-23(30)32-24/h3-8,15H,9-14H2,1-2H3,(H,25,28)(H,26,30). The Bertz CT molecular complexity index is 1030. The number of carbonyl (C=O) groups is 3. The van der Waals surface area contributed by atoms with E-state index in [2.05, 4.69) is 10.6 Å². The number of ether oxygens (including phenoxy) is 2. The summed E-state index contributed by atoms with van der Waals surface area (Å²) in [6, 6.07) is 13.0. The molecule has 168 valence electrons. The highest BCUT2D eigenvalue weighted by molar-refractivity contribution is 5.93. The van der Waals surface area contributed by atoms with Gasteiger partial charge in [0.2, 0.25) is 11.8 Å². The van der Waals surface area contributed by atoms with Gasteiger partial charge in [0, 0.05) is 50.0 Å². The average Bonchev–Trinajstić information content (AvgIpc) is 2.79. The summed E-state index contributed by atoms with van der Waals surface area (Å²) in [5.74, 6) is 0.412. The zero-order valence-electron chi connectivity index (χ0n) is 18.3. The van der Waals surface area contributed by atoms with E-state index in [-0.39, 0.29) is 24.7 Å². The molecule has 2 heterocycles. The van der Waals surface area contributed by atoms with E-state index in [0.717, 1.165) is 16.8 Å². The third-order valence-electron chi connectivity index (χ3n) is 6.07. The number of amides is 3. The molecule has 0 unspecified atom stereocenters. The summed E-state index contributed by atoms with van der Waals surface area (Å²) in [6.45, 7) is 2.87. The van der Waals surface area contributed by atoms with Crippen LogP contribution >= 0.6 is 0 Å². The highest BCUT2D eigenvalue weighted by Crippen LogP contribution is 2.44. The molecule has 2 aromatic carbocycles. The van der Waals surface area contributed by atoms with Crippen molar-refractivity contribution in [3.8, 4) is 5.75 Å². The Balaban J connectivity index is 1.34. The summed E-state index contributed by atoms with van der Waals surface area (Å²) in [5.41, 5.74) is 2.61. The monoisotopic (exact) mass is 437 g/mol. The third-order valence-corrected chi connectivity index (χ3v) is 6.07. The van der Waals surface area contributed by atoms with Gasteiger partial charge in [-0.2, -0.15) is 0 Å². The van der Waals surface area contributed by atoms with Crippen LogP contribution in [0.3, 0.4) is 0 Å². The van der Waals surface area contributed by atoms with E-state index < -0.39 is 11.7 Å². The lowest BCUT2D eigenvalue weighted by Crippen LogP contribution is -2.49. The second kappa shape index (κ2) is 8.90. The van der Waals surface area contributed by atoms with Crippen LogP contribution in [0.2, 0.25) is 0 Å². The summed E-state index contributed by atoms with van der Waals surface area (Å²) in [6.07, 6.45) is 0.739. The molecule has 1 saturated heterocycles. The number of benzene rings is 2. The number of methoxy groups -OCH3 is 1. The minimum atomic E-state index is -0.786. The third kappa shape index (κ3) is 4.54. The Morgan fingerprint density at radius 3 is 2.53 bits per heavy atom. The average molecular weight is 437 g/mol. The van der Waals surface area contributed by atoms with Crippen LogP contribution < -0.4 is 15.4 Å². The Morgan fingerprint density at radius 2 is 1.84 bits per heavy atom. The first-order chi connectivity index (χ1) is 15.4. The zero-order chi connectivity index (χ0) is 22.7. The van der Waals surface area contributed by atoms with Gasteiger partial charge in [0.1, 0.15) is 11.4 Å². The van der Waals surface area contributed by atoms with Gasteiger partial charge in [0.05, 0.1) is 12.8 Å². The van der Waals surface area contributed by atoms with Gasteiger partial charge in [0.15, 0.2) is 0 Å². The predicted molar refractivity (Wildman–Crippen MR) is 120 cm³/mol. The number of likely N-dealkylation sites (tertiary alicyclic amines) is 1. The minimum absolute atomic E-state index is 0.0787. The van der Waals surface area contributed by atoms with Gasteiger partial charge >= 0.3 is 6.09 Å². The van der Waals surface area contributed by atoms with Gasteiger partial charge in [-0.1, -0.05) is 17.7 Å². The second-order valence-electron chi connectivity index (χ2n) is 8.22. The molecule has 4 rings (SSSR count). The number of anilines is 2. The molecule has 0 atom stereocenters. The molecule has 0 saturated carbocycles. The summed E-state index contributed by atoms with van der Waals surface area (Å²) in [7, 11) is 1.59. The number of fused-ring (bicyclic) bond motifs is 2. The van der Waals surface area contributed by atoms with E-state index in [1.807, 2.05) is 37.3 Å². The Labute approximate surface area is 186 Å². The molecule has 2 aliphatic heterocycles. The fourth-order valence-corrected chi connectivity index (χ4v) is 4.23. The summed E-state index contributed by atoms with van der Waals surface area (Å²) in [4.78, 5) is 38.8. The molecule has 1 spiro atoms. The predicted octanol–water partition coefficient (Wildman–Crippen LogP) is 3.80. The van der Waals surface area contributed by atoms with E-state index in [4.69, 9.17) is 9.47 Å². The van der Waals surface area contributed by atoms with E-state index in [9.17, 15) is 14.4 Å². The molecule has 0 bridgehead atoms. The highest BCUT2D eigenvalue weighted by atomic mass is 16.6. The lowest BCUT2D eigenvalue weighted by atomic mass is 9.82. The molecule has 32 heavy (non-hydrogen) atoms. The maximum Gasteiger partial charge on any atom is 0.412 e. The highest BCUT2D eigenvalue weighted by Gasteiger charge is 2.45. The number of nitrogens with one attached hydrogen (secondary N) is 2. The number of hydrogen-bond acceptors (Lipinski definition) is 5. The van der Waals surface area contributed by atoms with Crippen molar-refractivity contribution in [2.45, 2.75) is 38.2 Å². The van der Waals surface area contributed by atoms with Crippen molar-refractivity contribution >= 4 is 29.3 Å². The van der Waals surface area contributed by atoms with Crippen LogP contribution in [-0.2, 0) is 19.9 Å². The molecule has 1 fully saturated rings. The Kier molecular flexibility index (Phi) is 6.03. The number of nitrogens with zero attached hydrogens (tertiary/aromatic N) is 1. The first-order valence-electron chi connectivity index (χ1n) is 10.7. The van der Waals surface area contributed by atoms with Gasteiger partial charge in [-0.15, -0.1) is 0 Å². The van der Waals surface area contributed by atoms with Gasteiger partial charge in [-0.3, -0.25) is 14.9 Å². The Hall–Kier alpha value is -3.55. The van der Waals surface area contributed by atoms with Crippen molar-refractivity contribution in [3.05, 3.63) is 53.6 Å². The molecule has 2 aromatic rings. The van der Waals surface area contributed by atoms with E-state index in [1.165, 1.54) is 0 Å². The smallest absolute Gasteiger partial charge is 0.412 e. The molecular weight excluding hydrogens is 410 g/mol. The normalized spacial score (nSPS) is 16.6. The molecule has 2 aliphatic rings. The molecule has 2 N–H and O–H groups in total. The van der Waals surface area contributed by atoms with Gasteiger partial charge in [-0.25, -0.2) is 4.79 Å². The van der Waals surface area contributed by atoms with Gasteiger partial charge < -0.3 is 19.7 Å². The Morgan fingerprint density at radius 1 is 1.12 bits per heavy atom. The van der Waals surface area contributed by atoms with Crippen LogP contribution in [0, 0.1) is 6.92 Å². The van der Waals surface area contributed by atoms with Crippen LogP contribution in [-0.4, -0.2) is 43.0 Å². The van der Waals surface area contributed by atoms with Crippen LogP contribution in [0.5, 0.6) is 5.75 Å². The van der Waals surface area contributed by atoms with Crippen LogP contribution in [0.25, 0.3) is 0 Å². The fourth-order valence-electron chi connectivity index (χ4n) is 4.23. The van der Waals surface area contributed by atoms with Crippen LogP contribution in [0.15, 0.2) is 42.5 Å². The fraction of sp³-hybridized carbons (Fsp3) is 0.375. The lowest BCUT2D eigenvalue weighted by Gasteiger charge is -2.44. The summed E-state index contributed by atoms with van der Waals surface area (Å²) >= 11 is 0. The summed E-state index contributed by atoms with van der Waals surface area (Å²) < 4.78 is 11.1. The molecule has 3 amide bonds. The van der Waals surface area contributed by atoms with E-state index in [0.29, 0.717) is 37.4 Å². The van der Waals surface area contributed by atoms with E-state index >= 15 is 0 Å². The molecule has 8 nitrogen and oxygen atoms in total. The molecule has 8 heteroatoms. The molecule has 0 aliphatic carbocycles. The largest absolute Gasteiger partial charge is 0.497 e. The number of piperidine rings is 1. The quantitative estimate of drug-likeness (QED) is 0.742. The second-order valence-corrected chi connectivity index (χ2v) is 8.22. The van der Waals surface area contributed by atoms with Crippen molar-refractivity contribution in [1.29, 1.82) is 0 Å². The maximum atomic E-state index is 12.7. The molecular formula is C24H27N3O5. The summed E-state index contributed by atoms with van der Waals surface area (Å²) in [5, 5.41) is 5.55. The first-order valence-corrected chi connectivity index (χ1v) is 10.7. The van der Waals surface area contributed by atoms with Crippen molar-refractivity contribution in [2.24, 2.45) is 0 Å². The van der Waals surface area contributed by atoms with Crippen LogP contribution in [0.4, 0.5) is 16.2 Å². The van der Waals surface area contributed by atoms with Gasteiger partial charge in [0.25, 0.3) is 0 Å². The maximum absolute atomic E-state index is 12.7. The molecule has 0 aromatic heterocycles. The van der Waals surface area contributed by atoms with Crippen molar-refractivity contribution in [2.75, 3.05) is 30.8 Å². The number of aryl methyl sites for hydroxylation is 1. The SMILES string of the molecule is COc1ccc2c(c1)C1(CCN(C(=O)CCC(=O)Nc3ccc(C)cc3)CC1)OC(=O)N2. The van der Waals surface area contributed by atoms with Crippen LogP contribution in [0.1, 0.15) is 36.8 Å². The van der Waals surface area contributed by atoms with E-state index in [1.54, 1.807) is 24.1 Å². The number of hydrogen-bond donors (Lipinski definition) is 2. The molecule has 0 radical (unpaired) electrons.